The number of carbonyl (C=O) groups is 1. The second-order valence-corrected chi connectivity index (χ2v) is 9.07. The molecule has 7 nitrogen and oxygen atoms in total. The minimum Gasteiger partial charge on any atom is -0.497 e. The lowest BCUT2D eigenvalue weighted by molar-refractivity contribution is 0.0525. The lowest BCUT2D eigenvalue weighted by Crippen LogP contribution is -2.43. The van der Waals surface area contributed by atoms with Gasteiger partial charge in [-0.05, 0) is 62.9 Å². The molecule has 1 fully saturated rings. The predicted octanol–water partition coefficient (Wildman–Crippen LogP) is 3.83. The summed E-state index contributed by atoms with van der Waals surface area (Å²) in [6, 6.07) is 4.92. The van der Waals surface area contributed by atoms with Crippen molar-refractivity contribution in [3.63, 3.8) is 0 Å². The molecule has 1 heterocycles. The largest absolute Gasteiger partial charge is 0.497 e. The molecule has 1 aliphatic rings. The first-order valence-electron chi connectivity index (χ1n) is 9.69. The highest BCUT2D eigenvalue weighted by Crippen LogP contribution is 2.35. The van der Waals surface area contributed by atoms with E-state index in [-0.39, 0.29) is 24.8 Å². The van der Waals surface area contributed by atoms with Crippen LogP contribution in [0.1, 0.15) is 53.4 Å². The highest BCUT2D eigenvalue weighted by atomic mass is 32.2. The summed E-state index contributed by atoms with van der Waals surface area (Å²) in [6.45, 7) is 5.60. The van der Waals surface area contributed by atoms with Crippen molar-refractivity contribution >= 4 is 16.0 Å². The van der Waals surface area contributed by atoms with Crippen LogP contribution in [0, 0.1) is 13.8 Å². The van der Waals surface area contributed by atoms with Gasteiger partial charge in [0.15, 0.2) is 0 Å². The van der Waals surface area contributed by atoms with Crippen molar-refractivity contribution < 1.29 is 27.1 Å². The van der Waals surface area contributed by atoms with Crippen LogP contribution in [0.15, 0.2) is 33.8 Å². The molecule has 2 aromatic rings. The summed E-state index contributed by atoms with van der Waals surface area (Å²) in [4.78, 5) is 12.2. The number of benzene rings is 1. The third-order valence-electron chi connectivity index (χ3n) is 5.19. The molecule has 0 spiro atoms. The number of aryl methyl sites for hydroxylation is 2. The van der Waals surface area contributed by atoms with E-state index in [4.69, 9.17) is 13.9 Å². The van der Waals surface area contributed by atoms with Crippen molar-refractivity contribution in [2.45, 2.75) is 57.5 Å². The molecule has 0 aliphatic heterocycles. The number of ether oxygens (including phenoxy) is 2. The fourth-order valence-corrected chi connectivity index (χ4v) is 5.64. The molecule has 1 aliphatic carbocycles. The lowest BCUT2D eigenvalue weighted by atomic mass is 9.93. The number of rotatable bonds is 8. The van der Waals surface area contributed by atoms with Crippen molar-refractivity contribution in [1.29, 1.82) is 0 Å². The van der Waals surface area contributed by atoms with E-state index in [0.29, 0.717) is 27.5 Å². The second-order valence-electron chi connectivity index (χ2n) is 7.25. The highest BCUT2D eigenvalue weighted by Gasteiger charge is 2.37. The molecule has 0 unspecified atom stereocenters. The summed E-state index contributed by atoms with van der Waals surface area (Å²) in [7, 11) is -2.21. The van der Waals surface area contributed by atoms with E-state index in [1.807, 2.05) is 0 Å². The Balaban J connectivity index is 1.94. The predicted molar refractivity (Wildman–Crippen MR) is 108 cm³/mol. The first-order chi connectivity index (χ1) is 13.8. The van der Waals surface area contributed by atoms with Gasteiger partial charge in [0.1, 0.15) is 17.8 Å². The van der Waals surface area contributed by atoms with Gasteiger partial charge in [0, 0.05) is 6.04 Å². The number of nitrogens with zero attached hydrogens (tertiary/aromatic N) is 1. The normalized spacial score (nSPS) is 14.7. The SMILES string of the molecule is CCOC(=O)c1coc(CN(C2CCC2)S(=O)(=O)c2c(C)cc(OC)cc2C)c1. The quantitative estimate of drug-likeness (QED) is 0.602. The zero-order valence-corrected chi connectivity index (χ0v) is 18.0. The Morgan fingerprint density at radius 2 is 1.86 bits per heavy atom. The summed E-state index contributed by atoms with van der Waals surface area (Å²) >= 11 is 0. The van der Waals surface area contributed by atoms with Crippen molar-refractivity contribution in [2.75, 3.05) is 13.7 Å². The Morgan fingerprint density at radius 1 is 1.21 bits per heavy atom. The smallest absolute Gasteiger partial charge is 0.341 e. The maximum atomic E-state index is 13.6. The lowest BCUT2D eigenvalue weighted by Gasteiger charge is -2.36. The molecule has 0 atom stereocenters. The first kappa shape index (κ1) is 21.4. The zero-order valence-electron chi connectivity index (χ0n) is 17.2. The van der Waals surface area contributed by atoms with Gasteiger partial charge in [-0.15, -0.1) is 0 Å². The molecule has 158 valence electrons. The van der Waals surface area contributed by atoms with E-state index in [2.05, 4.69) is 0 Å². The van der Waals surface area contributed by atoms with Crippen LogP contribution in [0.2, 0.25) is 0 Å². The molecule has 8 heteroatoms. The topological polar surface area (TPSA) is 86.0 Å². The average molecular weight is 422 g/mol. The van der Waals surface area contributed by atoms with E-state index < -0.39 is 16.0 Å². The maximum Gasteiger partial charge on any atom is 0.341 e. The molecule has 29 heavy (non-hydrogen) atoms. The fourth-order valence-electron chi connectivity index (χ4n) is 3.58. The number of esters is 1. The van der Waals surface area contributed by atoms with E-state index >= 15 is 0 Å². The third-order valence-corrected chi connectivity index (χ3v) is 7.40. The number of methoxy groups -OCH3 is 1. The first-order valence-corrected chi connectivity index (χ1v) is 11.1. The fraction of sp³-hybridized carbons (Fsp3) is 0.476. The minimum absolute atomic E-state index is 0.0668. The van der Waals surface area contributed by atoms with Gasteiger partial charge in [-0.25, -0.2) is 13.2 Å². The number of hydrogen-bond donors (Lipinski definition) is 0. The van der Waals surface area contributed by atoms with Crippen LogP contribution in [0.25, 0.3) is 0 Å². The molecule has 0 amide bonds. The number of furan rings is 1. The minimum atomic E-state index is -3.77. The summed E-state index contributed by atoms with van der Waals surface area (Å²) in [5.74, 6) is 0.550. The Morgan fingerprint density at radius 3 is 2.38 bits per heavy atom. The van der Waals surface area contributed by atoms with E-state index in [1.165, 1.54) is 10.6 Å². The molecule has 0 radical (unpaired) electrons. The van der Waals surface area contributed by atoms with E-state index in [0.717, 1.165) is 19.3 Å². The van der Waals surface area contributed by atoms with Gasteiger partial charge >= 0.3 is 5.97 Å². The molecule has 0 N–H and O–H groups in total. The highest BCUT2D eigenvalue weighted by molar-refractivity contribution is 7.89. The van der Waals surface area contributed by atoms with Crippen molar-refractivity contribution in [3.05, 3.63) is 46.9 Å². The zero-order chi connectivity index (χ0) is 21.2. The van der Waals surface area contributed by atoms with Crippen LogP contribution in [-0.2, 0) is 21.3 Å². The van der Waals surface area contributed by atoms with Crippen molar-refractivity contribution in [2.24, 2.45) is 0 Å². The average Bonchev–Trinajstić information content (AvgIpc) is 3.07. The molecule has 1 aromatic carbocycles. The summed E-state index contributed by atoms with van der Waals surface area (Å²) < 4.78 is 44.4. The maximum absolute atomic E-state index is 13.6. The molecule has 0 saturated heterocycles. The summed E-state index contributed by atoms with van der Waals surface area (Å²) in [5, 5.41) is 0. The van der Waals surface area contributed by atoms with Crippen molar-refractivity contribution in [1.82, 2.24) is 4.31 Å². The van der Waals surface area contributed by atoms with Crippen LogP contribution in [0.4, 0.5) is 0 Å². The van der Waals surface area contributed by atoms with E-state index in [9.17, 15) is 13.2 Å². The Hall–Kier alpha value is -2.32. The van der Waals surface area contributed by atoms with Gasteiger partial charge in [0.05, 0.1) is 30.7 Å². The van der Waals surface area contributed by atoms with Gasteiger partial charge in [-0.1, -0.05) is 6.42 Å². The van der Waals surface area contributed by atoms with Gasteiger partial charge in [-0.2, -0.15) is 4.31 Å². The van der Waals surface area contributed by atoms with Crippen LogP contribution < -0.4 is 4.74 Å². The number of carbonyl (C=O) groups excluding carboxylic acids is 1. The third kappa shape index (κ3) is 4.33. The monoisotopic (exact) mass is 421 g/mol. The molecular formula is C21H27NO6S. The van der Waals surface area contributed by atoms with Gasteiger partial charge < -0.3 is 13.9 Å². The van der Waals surface area contributed by atoms with Crippen LogP contribution in [0.3, 0.4) is 0 Å². The molecule has 1 saturated carbocycles. The second kappa shape index (κ2) is 8.59. The van der Waals surface area contributed by atoms with Crippen molar-refractivity contribution in [3.8, 4) is 5.75 Å². The van der Waals surface area contributed by atoms with Gasteiger partial charge in [0.2, 0.25) is 10.0 Å². The van der Waals surface area contributed by atoms with Gasteiger partial charge in [0.25, 0.3) is 0 Å². The Bertz CT molecular complexity index is 967. The summed E-state index contributed by atoms with van der Waals surface area (Å²) in [6.07, 6.45) is 3.91. The standard InChI is InChI=1S/C21H27NO6S/c1-5-27-21(23)16-11-19(28-13-16)12-22(17-7-6-8-17)29(24,25)20-14(2)9-18(26-4)10-15(20)3/h9-11,13,17H,5-8,12H2,1-4H3. The summed E-state index contributed by atoms with van der Waals surface area (Å²) in [5.41, 5.74) is 1.56. The molecule has 3 rings (SSSR count). The van der Waals surface area contributed by atoms with Crippen LogP contribution in [0.5, 0.6) is 5.75 Å². The number of sulfonamides is 1. The Labute approximate surface area is 171 Å². The van der Waals surface area contributed by atoms with E-state index in [1.54, 1.807) is 46.1 Å². The molecular weight excluding hydrogens is 394 g/mol. The van der Waals surface area contributed by atoms with Crippen LogP contribution in [-0.4, -0.2) is 38.5 Å². The van der Waals surface area contributed by atoms with Crippen LogP contribution >= 0.6 is 0 Å². The number of hydrogen-bond acceptors (Lipinski definition) is 6. The molecule has 1 aromatic heterocycles. The Kier molecular flexibility index (Phi) is 6.33. The molecule has 0 bridgehead atoms. The van der Waals surface area contributed by atoms with Gasteiger partial charge in [-0.3, -0.25) is 0 Å².